The van der Waals surface area contributed by atoms with Crippen molar-refractivity contribution in [1.82, 2.24) is 15.2 Å². The molecule has 2 N–H and O–H groups in total. The van der Waals surface area contributed by atoms with Crippen LogP contribution in [0.5, 0.6) is 0 Å². The molecule has 0 spiro atoms. The molecule has 2 atom stereocenters. The minimum atomic E-state index is -1.10. The minimum Gasteiger partial charge on any atom is -0.384 e. The molecule has 4 rings (SSSR count). The van der Waals surface area contributed by atoms with Crippen LogP contribution in [-0.2, 0) is 15.1 Å². The van der Waals surface area contributed by atoms with Crippen LogP contribution in [0.2, 0.25) is 5.02 Å². The molecule has 0 bridgehead atoms. The van der Waals surface area contributed by atoms with Crippen molar-refractivity contribution in [3.63, 3.8) is 0 Å². The number of rotatable bonds is 6. The van der Waals surface area contributed by atoms with Gasteiger partial charge in [-0.2, -0.15) is 0 Å². The van der Waals surface area contributed by atoms with Crippen LogP contribution in [0.4, 0.5) is 5.82 Å². The first-order chi connectivity index (χ1) is 17.5. The predicted octanol–water partition coefficient (Wildman–Crippen LogP) is 3.47. The summed E-state index contributed by atoms with van der Waals surface area (Å²) in [5, 5.41) is 15.2. The Balaban J connectivity index is 1.44. The topological polar surface area (TPSA) is 95.0 Å². The van der Waals surface area contributed by atoms with E-state index in [2.05, 4.69) is 15.2 Å². The van der Waals surface area contributed by atoms with Crippen LogP contribution in [0, 0.1) is 11.3 Å². The van der Waals surface area contributed by atoms with Crippen LogP contribution in [0.1, 0.15) is 50.0 Å². The van der Waals surface area contributed by atoms with Crippen molar-refractivity contribution < 1.29 is 19.4 Å². The van der Waals surface area contributed by atoms with Crippen molar-refractivity contribution in [2.45, 2.75) is 45.8 Å². The molecule has 1 aromatic carbocycles. The summed E-state index contributed by atoms with van der Waals surface area (Å²) in [6, 6.07) is 10.1. The number of ether oxygens (including phenoxy) is 1. The largest absolute Gasteiger partial charge is 0.384 e. The number of carbonyl (C=O) groups is 2. The number of nitrogens with zero attached hydrogens (tertiary/aromatic N) is 3. The van der Waals surface area contributed by atoms with Gasteiger partial charge in [-0.1, -0.05) is 51.4 Å². The smallest absolute Gasteiger partial charge is 0.253 e. The van der Waals surface area contributed by atoms with Crippen molar-refractivity contribution in [2.75, 3.05) is 44.3 Å². The molecule has 8 nitrogen and oxygen atoms in total. The van der Waals surface area contributed by atoms with Gasteiger partial charge in [0.15, 0.2) is 0 Å². The molecule has 2 aromatic rings. The molecule has 3 heterocycles. The fourth-order valence-electron chi connectivity index (χ4n) is 5.21. The maximum Gasteiger partial charge on any atom is 0.253 e. The molecule has 37 heavy (non-hydrogen) atoms. The summed E-state index contributed by atoms with van der Waals surface area (Å²) < 4.78 is 5.38. The van der Waals surface area contributed by atoms with Crippen LogP contribution in [-0.4, -0.2) is 72.2 Å². The molecule has 0 saturated carbocycles. The number of halogens is 1. The lowest BCUT2D eigenvalue weighted by atomic mass is 9.66. The third kappa shape index (κ3) is 5.76. The number of likely N-dealkylation sites (tertiary alicyclic amines) is 1. The number of carbonyl (C=O) groups excluding carboxylic acids is 2. The monoisotopic (exact) mass is 528 g/mol. The van der Waals surface area contributed by atoms with Gasteiger partial charge >= 0.3 is 0 Å². The molecule has 2 amide bonds. The molecular formula is C28H37ClN4O4. The van der Waals surface area contributed by atoms with Crippen molar-refractivity contribution >= 4 is 29.2 Å². The van der Waals surface area contributed by atoms with Gasteiger partial charge in [0.1, 0.15) is 11.9 Å². The molecule has 0 radical (unpaired) electrons. The zero-order valence-electron chi connectivity index (χ0n) is 22.0. The molecule has 2 aliphatic rings. The Hall–Kier alpha value is -2.68. The maximum absolute atomic E-state index is 13.6. The number of anilines is 1. The predicted molar refractivity (Wildman–Crippen MR) is 144 cm³/mol. The van der Waals surface area contributed by atoms with Crippen LogP contribution >= 0.6 is 11.6 Å². The molecule has 2 aliphatic heterocycles. The van der Waals surface area contributed by atoms with E-state index in [1.807, 2.05) is 45.9 Å². The van der Waals surface area contributed by atoms with Gasteiger partial charge in [-0.25, -0.2) is 4.98 Å². The quantitative estimate of drug-likeness (QED) is 0.596. The maximum atomic E-state index is 13.6. The van der Waals surface area contributed by atoms with Crippen LogP contribution in [0.25, 0.3) is 0 Å². The van der Waals surface area contributed by atoms with Gasteiger partial charge in [0.05, 0.1) is 24.4 Å². The number of amides is 2. The Morgan fingerprint density at radius 3 is 2.32 bits per heavy atom. The van der Waals surface area contributed by atoms with Crippen molar-refractivity contribution in [2.24, 2.45) is 11.3 Å². The fourth-order valence-corrected chi connectivity index (χ4v) is 5.33. The number of piperidine rings is 1. The van der Waals surface area contributed by atoms with Crippen molar-refractivity contribution in [1.29, 1.82) is 0 Å². The normalized spacial score (nSPS) is 22.6. The van der Waals surface area contributed by atoms with Crippen molar-refractivity contribution in [3.05, 3.63) is 58.7 Å². The molecule has 9 heteroatoms. The lowest BCUT2D eigenvalue weighted by Crippen LogP contribution is -2.60. The first kappa shape index (κ1) is 27.4. The minimum absolute atomic E-state index is 0.114. The lowest BCUT2D eigenvalue weighted by Gasteiger charge is -2.51. The average Bonchev–Trinajstić information content (AvgIpc) is 2.89. The average molecular weight is 529 g/mol. The second-order valence-corrected chi connectivity index (χ2v) is 11.4. The van der Waals surface area contributed by atoms with E-state index >= 15 is 0 Å². The molecule has 2 fully saturated rings. The van der Waals surface area contributed by atoms with Crippen molar-refractivity contribution in [3.8, 4) is 0 Å². The number of aromatic nitrogens is 1. The van der Waals surface area contributed by atoms with Gasteiger partial charge in [-0.05, 0) is 42.2 Å². The standard InChI is InChI=1S/C28H37ClN4O4/c1-19(2)24(31-25(34)20-5-10-23(30-17-20)32-13-15-37-16-14-32)26(35)33-12-11-28(36,27(3,4)18-33)21-6-8-22(29)9-7-21/h5-10,17,19,24,36H,11-16,18H2,1-4H3,(H,31,34)/t24-,28+/m1/s1. The van der Waals surface area contributed by atoms with Crippen LogP contribution in [0.15, 0.2) is 42.6 Å². The summed E-state index contributed by atoms with van der Waals surface area (Å²) in [4.78, 5) is 35.0. The molecule has 0 unspecified atom stereocenters. The molecule has 200 valence electrons. The van der Waals surface area contributed by atoms with Crippen LogP contribution < -0.4 is 10.2 Å². The number of benzene rings is 1. The number of pyridine rings is 1. The van der Waals surface area contributed by atoms with Gasteiger partial charge in [0, 0.05) is 42.8 Å². The summed E-state index contributed by atoms with van der Waals surface area (Å²) in [7, 11) is 0. The molecular weight excluding hydrogens is 492 g/mol. The van der Waals surface area contributed by atoms with Gasteiger partial charge in [-0.3, -0.25) is 9.59 Å². The van der Waals surface area contributed by atoms with E-state index < -0.39 is 17.1 Å². The number of hydrogen-bond acceptors (Lipinski definition) is 6. The summed E-state index contributed by atoms with van der Waals surface area (Å²) >= 11 is 6.05. The van der Waals surface area contributed by atoms with Gasteiger partial charge < -0.3 is 25.0 Å². The van der Waals surface area contributed by atoms with Crippen LogP contribution in [0.3, 0.4) is 0 Å². The second kappa shape index (κ2) is 11.0. The highest BCUT2D eigenvalue weighted by Crippen LogP contribution is 2.46. The SMILES string of the molecule is CC(C)[C@@H](NC(=O)c1ccc(N2CCOCC2)nc1)C(=O)N1CC[C@](O)(c2ccc(Cl)cc2)C(C)(C)C1. The highest BCUT2D eigenvalue weighted by molar-refractivity contribution is 6.30. The number of morpholine rings is 1. The fraction of sp³-hybridized carbons (Fsp3) is 0.536. The summed E-state index contributed by atoms with van der Waals surface area (Å²) in [5.74, 6) is 0.215. The van der Waals surface area contributed by atoms with E-state index in [0.717, 1.165) is 24.5 Å². The highest BCUT2D eigenvalue weighted by atomic mass is 35.5. The number of hydrogen-bond donors (Lipinski definition) is 2. The highest BCUT2D eigenvalue weighted by Gasteiger charge is 2.50. The first-order valence-electron chi connectivity index (χ1n) is 12.9. The third-order valence-corrected chi connectivity index (χ3v) is 7.90. The van der Waals surface area contributed by atoms with Gasteiger partial charge in [0.2, 0.25) is 5.91 Å². The molecule has 0 aliphatic carbocycles. The van der Waals surface area contributed by atoms with E-state index in [9.17, 15) is 14.7 Å². The zero-order valence-corrected chi connectivity index (χ0v) is 22.8. The zero-order chi connectivity index (χ0) is 26.8. The van der Waals surface area contributed by atoms with E-state index in [4.69, 9.17) is 16.3 Å². The second-order valence-electron chi connectivity index (χ2n) is 11.0. The Morgan fingerprint density at radius 1 is 1.08 bits per heavy atom. The first-order valence-corrected chi connectivity index (χ1v) is 13.3. The summed E-state index contributed by atoms with van der Waals surface area (Å²) in [6.45, 7) is 11.4. The van der Waals surface area contributed by atoms with E-state index in [-0.39, 0.29) is 17.7 Å². The van der Waals surface area contributed by atoms with Gasteiger partial charge in [-0.15, -0.1) is 0 Å². The molecule has 1 aromatic heterocycles. The van der Waals surface area contributed by atoms with Gasteiger partial charge in [0.25, 0.3) is 5.91 Å². The summed E-state index contributed by atoms with van der Waals surface area (Å²) in [6.07, 6.45) is 1.94. The van der Waals surface area contributed by atoms with E-state index in [1.54, 1.807) is 29.3 Å². The Morgan fingerprint density at radius 2 is 1.76 bits per heavy atom. The van der Waals surface area contributed by atoms with E-state index in [1.165, 1.54) is 0 Å². The van der Waals surface area contributed by atoms with E-state index in [0.29, 0.717) is 43.3 Å². The third-order valence-electron chi connectivity index (χ3n) is 7.65. The number of nitrogens with one attached hydrogen (secondary N) is 1. The number of aliphatic hydroxyl groups is 1. The Bertz CT molecular complexity index is 1100. The Labute approximate surface area is 224 Å². The Kier molecular flexibility index (Phi) is 8.11. The molecule has 2 saturated heterocycles. The summed E-state index contributed by atoms with van der Waals surface area (Å²) in [5.41, 5.74) is -0.513. The lowest BCUT2D eigenvalue weighted by molar-refractivity contribution is -0.155.